The third-order valence-electron chi connectivity index (χ3n) is 4.06. The molecule has 0 fully saturated rings. The number of hydrogen-bond donors (Lipinski definition) is 2. The number of aromatic amines is 1. The van der Waals surface area contributed by atoms with Gasteiger partial charge in [0.1, 0.15) is 11.6 Å². The van der Waals surface area contributed by atoms with E-state index >= 15 is 0 Å². The molecule has 3 aromatic rings. The Morgan fingerprint density at radius 3 is 2.50 bits per heavy atom. The molecule has 1 aromatic carbocycles. The molecular formula is C16H16N4. The van der Waals surface area contributed by atoms with Crippen LogP contribution in [0.15, 0.2) is 36.4 Å². The van der Waals surface area contributed by atoms with Gasteiger partial charge in [-0.3, -0.25) is 0 Å². The van der Waals surface area contributed by atoms with Gasteiger partial charge in [0, 0.05) is 13.0 Å². The van der Waals surface area contributed by atoms with Crippen LogP contribution < -0.4 is 5.32 Å². The molecule has 0 bridgehead atoms. The number of hydrogen-bond acceptors (Lipinski definition) is 3. The molecule has 4 nitrogen and oxygen atoms in total. The summed E-state index contributed by atoms with van der Waals surface area (Å²) in [5, 5.41) is 3.05. The van der Waals surface area contributed by atoms with Gasteiger partial charge in [-0.2, -0.15) is 0 Å². The molecule has 0 saturated carbocycles. The van der Waals surface area contributed by atoms with E-state index in [1.807, 2.05) is 19.2 Å². The molecule has 2 aromatic heterocycles. The minimum absolute atomic E-state index is 0.444. The summed E-state index contributed by atoms with van der Waals surface area (Å²) in [4.78, 5) is 12.6. The summed E-state index contributed by atoms with van der Waals surface area (Å²) >= 11 is 0. The highest BCUT2D eigenvalue weighted by atomic mass is 15.0. The average molecular weight is 264 g/mol. The van der Waals surface area contributed by atoms with E-state index in [0.29, 0.717) is 5.92 Å². The van der Waals surface area contributed by atoms with Crippen LogP contribution in [0.2, 0.25) is 0 Å². The fourth-order valence-electron chi connectivity index (χ4n) is 3.00. The molecule has 0 saturated heterocycles. The van der Waals surface area contributed by atoms with Gasteiger partial charge in [-0.25, -0.2) is 9.97 Å². The van der Waals surface area contributed by atoms with Gasteiger partial charge in [0.25, 0.3) is 0 Å². The Bertz CT molecular complexity index is 750. The van der Waals surface area contributed by atoms with E-state index in [9.17, 15) is 0 Å². The molecule has 1 aliphatic rings. The molecule has 0 unspecified atom stereocenters. The smallest absolute Gasteiger partial charge is 0.179 e. The highest BCUT2D eigenvalue weighted by Gasteiger charge is 2.25. The maximum Gasteiger partial charge on any atom is 0.179 e. The lowest BCUT2D eigenvalue weighted by molar-refractivity contribution is 0.696. The maximum absolute atomic E-state index is 4.68. The van der Waals surface area contributed by atoms with Crippen molar-refractivity contribution in [2.75, 3.05) is 12.4 Å². The van der Waals surface area contributed by atoms with Gasteiger partial charge >= 0.3 is 0 Å². The van der Waals surface area contributed by atoms with Crippen LogP contribution >= 0.6 is 0 Å². The van der Waals surface area contributed by atoms with E-state index in [1.165, 1.54) is 11.1 Å². The Balaban J connectivity index is 1.70. The fourth-order valence-corrected chi connectivity index (χ4v) is 3.00. The first-order chi connectivity index (χ1) is 9.83. The van der Waals surface area contributed by atoms with E-state index in [1.54, 1.807) is 0 Å². The number of rotatable bonds is 2. The van der Waals surface area contributed by atoms with Crippen LogP contribution in [0.3, 0.4) is 0 Å². The van der Waals surface area contributed by atoms with Crippen molar-refractivity contribution in [3.05, 3.63) is 53.3 Å². The molecule has 100 valence electrons. The van der Waals surface area contributed by atoms with E-state index < -0.39 is 0 Å². The molecule has 1 aliphatic carbocycles. The number of fused-ring (bicyclic) bond motifs is 2. The number of benzene rings is 1. The predicted molar refractivity (Wildman–Crippen MR) is 80.0 cm³/mol. The van der Waals surface area contributed by atoms with E-state index in [-0.39, 0.29) is 0 Å². The van der Waals surface area contributed by atoms with Crippen LogP contribution in [0.25, 0.3) is 11.2 Å². The number of anilines is 1. The van der Waals surface area contributed by atoms with Gasteiger partial charge in [0.15, 0.2) is 5.65 Å². The number of nitrogens with zero attached hydrogens (tertiary/aromatic N) is 2. The molecule has 4 rings (SSSR count). The van der Waals surface area contributed by atoms with Gasteiger partial charge in [-0.15, -0.1) is 0 Å². The highest BCUT2D eigenvalue weighted by Crippen LogP contribution is 2.33. The molecule has 20 heavy (non-hydrogen) atoms. The first-order valence-electron chi connectivity index (χ1n) is 6.94. The number of aromatic nitrogens is 3. The third kappa shape index (κ3) is 1.76. The van der Waals surface area contributed by atoms with Gasteiger partial charge < -0.3 is 10.3 Å². The Hall–Kier alpha value is -2.36. The van der Waals surface area contributed by atoms with Crippen molar-refractivity contribution in [1.82, 2.24) is 15.0 Å². The molecule has 0 aliphatic heterocycles. The third-order valence-corrected chi connectivity index (χ3v) is 4.06. The molecule has 0 amide bonds. The van der Waals surface area contributed by atoms with Crippen molar-refractivity contribution in [2.24, 2.45) is 0 Å². The van der Waals surface area contributed by atoms with Crippen LogP contribution in [0.1, 0.15) is 22.9 Å². The topological polar surface area (TPSA) is 53.6 Å². The minimum Gasteiger partial charge on any atom is -0.373 e. The lowest BCUT2D eigenvalue weighted by Crippen LogP contribution is -2.00. The molecule has 0 spiro atoms. The first kappa shape index (κ1) is 11.5. The molecule has 2 N–H and O–H groups in total. The predicted octanol–water partition coefficient (Wildman–Crippen LogP) is 2.88. The van der Waals surface area contributed by atoms with E-state index in [2.05, 4.69) is 44.5 Å². The number of imidazole rings is 1. The quantitative estimate of drug-likeness (QED) is 0.748. The van der Waals surface area contributed by atoms with Crippen molar-refractivity contribution >= 4 is 17.0 Å². The Kier molecular flexibility index (Phi) is 2.49. The second-order valence-electron chi connectivity index (χ2n) is 5.31. The van der Waals surface area contributed by atoms with Crippen LogP contribution in [-0.2, 0) is 12.8 Å². The van der Waals surface area contributed by atoms with Crippen LogP contribution in [0.5, 0.6) is 0 Å². The van der Waals surface area contributed by atoms with Gasteiger partial charge in [0.05, 0.1) is 5.52 Å². The van der Waals surface area contributed by atoms with E-state index in [0.717, 1.165) is 35.6 Å². The molecule has 4 heteroatoms. The normalized spacial score (nSPS) is 14.7. The minimum atomic E-state index is 0.444. The average Bonchev–Trinajstić information content (AvgIpc) is 3.09. The van der Waals surface area contributed by atoms with Crippen molar-refractivity contribution < 1.29 is 0 Å². The standard InChI is InChI=1S/C16H16N4/c1-17-14-7-6-13-16(19-14)20-15(18-13)12-8-10-4-2-3-5-11(10)9-12/h2-7,12H,8-9H2,1H3,(H2,17,18,19,20). The highest BCUT2D eigenvalue weighted by molar-refractivity contribution is 5.73. The molecule has 0 radical (unpaired) electrons. The van der Waals surface area contributed by atoms with Crippen LogP contribution in [0.4, 0.5) is 5.82 Å². The van der Waals surface area contributed by atoms with Crippen molar-refractivity contribution in [1.29, 1.82) is 0 Å². The summed E-state index contributed by atoms with van der Waals surface area (Å²) in [5.74, 6) is 2.35. The second-order valence-corrected chi connectivity index (χ2v) is 5.31. The molecule has 2 heterocycles. The van der Waals surface area contributed by atoms with Gasteiger partial charge in [-0.05, 0) is 36.1 Å². The second kappa shape index (κ2) is 4.34. The Labute approximate surface area is 117 Å². The molecule has 0 atom stereocenters. The van der Waals surface area contributed by atoms with E-state index in [4.69, 9.17) is 0 Å². The zero-order chi connectivity index (χ0) is 13.5. The lowest BCUT2D eigenvalue weighted by Gasteiger charge is -2.03. The maximum atomic E-state index is 4.68. The number of nitrogens with one attached hydrogen (secondary N) is 2. The number of H-pyrrole nitrogens is 1. The summed E-state index contributed by atoms with van der Waals surface area (Å²) in [6.07, 6.45) is 2.13. The fraction of sp³-hybridized carbons (Fsp3) is 0.250. The Morgan fingerprint density at radius 1 is 1.05 bits per heavy atom. The molecular weight excluding hydrogens is 248 g/mol. The zero-order valence-electron chi connectivity index (χ0n) is 11.4. The zero-order valence-corrected chi connectivity index (χ0v) is 11.4. The largest absolute Gasteiger partial charge is 0.373 e. The SMILES string of the molecule is CNc1ccc2[nH]c(C3Cc4ccccc4C3)nc2n1. The van der Waals surface area contributed by atoms with Gasteiger partial charge in [0.2, 0.25) is 0 Å². The van der Waals surface area contributed by atoms with Gasteiger partial charge in [-0.1, -0.05) is 24.3 Å². The summed E-state index contributed by atoms with van der Waals surface area (Å²) in [5.41, 5.74) is 4.70. The van der Waals surface area contributed by atoms with Crippen molar-refractivity contribution in [3.63, 3.8) is 0 Å². The Morgan fingerprint density at radius 2 is 1.80 bits per heavy atom. The monoisotopic (exact) mass is 264 g/mol. The van der Waals surface area contributed by atoms with Crippen LogP contribution in [0, 0.1) is 0 Å². The first-order valence-corrected chi connectivity index (χ1v) is 6.94. The summed E-state index contributed by atoms with van der Waals surface area (Å²) in [7, 11) is 1.87. The summed E-state index contributed by atoms with van der Waals surface area (Å²) < 4.78 is 0. The van der Waals surface area contributed by atoms with Crippen molar-refractivity contribution in [2.45, 2.75) is 18.8 Å². The summed E-state index contributed by atoms with van der Waals surface area (Å²) in [6, 6.07) is 12.7. The lowest BCUT2D eigenvalue weighted by atomic mass is 10.1. The van der Waals surface area contributed by atoms with Crippen molar-refractivity contribution in [3.8, 4) is 0 Å². The summed E-state index contributed by atoms with van der Waals surface area (Å²) in [6.45, 7) is 0. The van der Waals surface area contributed by atoms with Crippen LogP contribution in [-0.4, -0.2) is 22.0 Å². The number of pyridine rings is 1.